The fourth-order valence-electron chi connectivity index (χ4n) is 3.70. The standard InChI is InChI=1S/C19H16ClFN6O2/c1-11-8-22-27-16(11)18(28)26(10-23-27)9-15-24-17(25-29-15)12-6-19(21,7-12)13-2-4-14(20)5-3-13/h2-5,8,10,12H,6-7,9H2,1H3/t12-,19+. The lowest BCUT2D eigenvalue weighted by Crippen LogP contribution is -2.36. The topological polar surface area (TPSA) is 91.1 Å². The van der Waals surface area contributed by atoms with Crippen molar-refractivity contribution in [3.05, 3.63) is 75.0 Å². The summed E-state index contributed by atoms with van der Waals surface area (Å²) < 4.78 is 23.0. The highest BCUT2D eigenvalue weighted by molar-refractivity contribution is 6.30. The van der Waals surface area contributed by atoms with E-state index in [0.717, 1.165) is 5.56 Å². The molecule has 5 rings (SSSR count). The molecule has 0 amide bonds. The summed E-state index contributed by atoms with van der Waals surface area (Å²) in [5, 5.41) is 12.7. The van der Waals surface area contributed by atoms with Crippen LogP contribution in [0.2, 0.25) is 5.02 Å². The number of alkyl halides is 1. The van der Waals surface area contributed by atoms with E-state index in [0.29, 0.717) is 21.9 Å². The van der Waals surface area contributed by atoms with Gasteiger partial charge in [0.05, 0.1) is 6.20 Å². The van der Waals surface area contributed by atoms with E-state index < -0.39 is 5.67 Å². The van der Waals surface area contributed by atoms with Crippen molar-refractivity contribution in [1.29, 1.82) is 0 Å². The summed E-state index contributed by atoms with van der Waals surface area (Å²) in [6.07, 6.45) is 3.51. The van der Waals surface area contributed by atoms with E-state index in [1.807, 2.05) is 0 Å². The zero-order chi connectivity index (χ0) is 20.2. The van der Waals surface area contributed by atoms with E-state index in [9.17, 15) is 4.79 Å². The van der Waals surface area contributed by atoms with Crippen molar-refractivity contribution in [2.24, 2.45) is 0 Å². The van der Waals surface area contributed by atoms with E-state index in [-0.39, 0.29) is 36.8 Å². The Morgan fingerprint density at radius 1 is 1.28 bits per heavy atom. The van der Waals surface area contributed by atoms with Gasteiger partial charge in [0.1, 0.15) is 18.5 Å². The van der Waals surface area contributed by atoms with E-state index >= 15 is 4.39 Å². The van der Waals surface area contributed by atoms with Crippen LogP contribution in [0.1, 0.15) is 41.6 Å². The second-order valence-corrected chi connectivity index (χ2v) is 7.79. The Morgan fingerprint density at radius 2 is 2.03 bits per heavy atom. The second kappa shape index (κ2) is 6.48. The fourth-order valence-corrected chi connectivity index (χ4v) is 3.83. The molecule has 4 aromatic rings. The maximum Gasteiger partial charge on any atom is 0.280 e. The van der Waals surface area contributed by atoms with Gasteiger partial charge in [-0.2, -0.15) is 10.1 Å². The Morgan fingerprint density at radius 3 is 2.79 bits per heavy atom. The van der Waals surface area contributed by atoms with Crippen molar-refractivity contribution in [2.45, 2.75) is 37.9 Å². The Balaban J connectivity index is 1.32. The Bertz CT molecular complexity index is 1260. The first-order valence-electron chi connectivity index (χ1n) is 9.10. The molecule has 1 aromatic carbocycles. The molecule has 29 heavy (non-hydrogen) atoms. The highest BCUT2D eigenvalue weighted by Crippen LogP contribution is 2.53. The Labute approximate surface area is 168 Å². The van der Waals surface area contributed by atoms with Crippen LogP contribution in [-0.2, 0) is 12.2 Å². The van der Waals surface area contributed by atoms with E-state index in [1.165, 1.54) is 15.5 Å². The first-order chi connectivity index (χ1) is 13.9. The molecule has 1 saturated carbocycles. The lowest BCUT2D eigenvalue weighted by molar-refractivity contribution is 0.0336. The third-order valence-electron chi connectivity index (χ3n) is 5.35. The van der Waals surface area contributed by atoms with E-state index in [1.54, 1.807) is 37.4 Å². The van der Waals surface area contributed by atoms with Crippen LogP contribution in [0.3, 0.4) is 0 Å². The summed E-state index contributed by atoms with van der Waals surface area (Å²) in [5.74, 6) is 0.584. The summed E-state index contributed by atoms with van der Waals surface area (Å²) in [6.45, 7) is 1.88. The first-order valence-corrected chi connectivity index (χ1v) is 9.48. The molecule has 0 bridgehead atoms. The molecule has 0 radical (unpaired) electrons. The molecule has 148 valence electrons. The molecular weight excluding hydrogens is 399 g/mol. The molecule has 3 aromatic heterocycles. The van der Waals surface area contributed by atoms with Crippen LogP contribution in [0.5, 0.6) is 0 Å². The van der Waals surface area contributed by atoms with Crippen molar-refractivity contribution < 1.29 is 8.91 Å². The minimum atomic E-state index is -1.42. The van der Waals surface area contributed by atoms with Gasteiger partial charge >= 0.3 is 0 Å². The predicted octanol–water partition coefficient (Wildman–Crippen LogP) is 3.03. The van der Waals surface area contributed by atoms with Crippen LogP contribution in [0.4, 0.5) is 4.39 Å². The van der Waals surface area contributed by atoms with Crippen LogP contribution in [0.25, 0.3) is 5.52 Å². The van der Waals surface area contributed by atoms with Crippen LogP contribution in [-0.4, -0.2) is 29.5 Å². The van der Waals surface area contributed by atoms with Gasteiger partial charge < -0.3 is 4.52 Å². The summed E-state index contributed by atoms with van der Waals surface area (Å²) in [7, 11) is 0. The molecule has 0 unspecified atom stereocenters. The molecule has 10 heteroatoms. The molecular formula is C19H16ClFN6O2. The fraction of sp³-hybridized carbons (Fsp3) is 0.316. The van der Waals surface area contributed by atoms with Gasteiger partial charge in [-0.15, -0.1) is 9.73 Å². The lowest BCUT2D eigenvalue weighted by Gasteiger charge is -2.40. The van der Waals surface area contributed by atoms with Gasteiger partial charge in [0.2, 0.25) is 5.89 Å². The maximum atomic E-state index is 15.1. The normalized spacial score (nSPS) is 21.4. The summed E-state index contributed by atoms with van der Waals surface area (Å²) in [4.78, 5) is 17.0. The summed E-state index contributed by atoms with van der Waals surface area (Å²) >= 11 is 5.87. The first kappa shape index (κ1) is 18.0. The van der Waals surface area contributed by atoms with Gasteiger partial charge in [0, 0.05) is 16.5 Å². The van der Waals surface area contributed by atoms with Crippen molar-refractivity contribution in [1.82, 2.24) is 29.5 Å². The van der Waals surface area contributed by atoms with E-state index in [4.69, 9.17) is 16.1 Å². The molecule has 0 saturated heterocycles. The summed E-state index contributed by atoms with van der Waals surface area (Å²) in [6, 6.07) is 6.77. The van der Waals surface area contributed by atoms with Gasteiger partial charge in [-0.25, -0.2) is 4.39 Å². The zero-order valence-electron chi connectivity index (χ0n) is 15.4. The van der Waals surface area contributed by atoms with Crippen molar-refractivity contribution in [3.8, 4) is 0 Å². The minimum absolute atomic E-state index is 0.0879. The van der Waals surface area contributed by atoms with Crippen molar-refractivity contribution >= 4 is 17.1 Å². The maximum absolute atomic E-state index is 15.1. The van der Waals surface area contributed by atoms with E-state index in [2.05, 4.69) is 20.3 Å². The third kappa shape index (κ3) is 3.02. The smallest absolute Gasteiger partial charge is 0.280 e. The van der Waals surface area contributed by atoms with Gasteiger partial charge in [-0.1, -0.05) is 28.9 Å². The van der Waals surface area contributed by atoms with Gasteiger partial charge in [-0.05, 0) is 37.5 Å². The monoisotopic (exact) mass is 414 g/mol. The summed E-state index contributed by atoms with van der Waals surface area (Å²) in [5.41, 5.74) is 0.0740. The molecule has 0 atom stereocenters. The molecule has 0 aliphatic heterocycles. The second-order valence-electron chi connectivity index (χ2n) is 7.35. The van der Waals surface area contributed by atoms with Gasteiger partial charge in [0.15, 0.2) is 11.3 Å². The average Bonchev–Trinajstić information content (AvgIpc) is 3.29. The molecule has 0 spiro atoms. The third-order valence-corrected chi connectivity index (χ3v) is 5.61. The highest BCUT2D eigenvalue weighted by atomic mass is 35.5. The van der Waals surface area contributed by atoms with Crippen molar-refractivity contribution in [2.75, 3.05) is 0 Å². The quantitative estimate of drug-likeness (QED) is 0.509. The number of nitrogens with zero attached hydrogens (tertiary/aromatic N) is 6. The highest BCUT2D eigenvalue weighted by Gasteiger charge is 2.48. The largest absolute Gasteiger partial charge is 0.337 e. The van der Waals surface area contributed by atoms with Crippen LogP contribution in [0, 0.1) is 6.92 Å². The number of halogens is 2. The number of fused-ring (bicyclic) bond motifs is 1. The molecule has 1 aliphatic carbocycles. The molecule has 1 fully saturated rings. The van der Waals surface area contributed by atoms with Crippen LogP contribution >= 0.6 is 11.6 Å². The number of hydrogen-bond acceptors (Lipinski definition) is 6. The number of hydrogen-bond donors (Lipinski definition) is 0. The lowest BCUT2D eigenvalue weighted by atomic mass is 9.68. The van der Waals surface area contributed by atoms with Gasteiger partial charge in [0.25, 0.3) is 5.56 Å². The Kier molecular flexibility index (Phi) is 4.02. The number of benzene rings is 1. The minimum Gasteiger partial charge on any atom is -0.337 e. The number of aromatic nitrogens is 6. The Hall–Kier alpha value is -3.07. The number of aryl methyl sites for hydroxylation is 1. The SMILES string of the molecule is Cc1cnn2ncn(Cc3nc([C@H]4C[C@](F)(c5ccc(Cl)cc5)C4)no3)c(=O)c12. The molecule has 3 heterocycles. The molecule has 0 N–H and O–H groups in total. The molecule has 1 aliphatic rings. The van der Waals surface area contributed by atoms with Gasteiger partial charge in [-0.3, -0.25) is 9.36 Å². The zero-order valence-corrected chi connectivity index (χ0v) is 16.2. The van der Waals surface area contributed by atoms with Crippen molar-refractivity contribution in [3.63, 3.8) is 0 Å². The average molecular weight is 415 g/mol. The number of rotatable bonds is 4. The van der Waals surface area contributed by atoms with Crippen LogP contribution < -0.4 is 5.56 Å². The molecule has 8 nitrogen and oxygen atoms in total. The van der Waals surface area contributed by atoms with Crippen LogP contribution in [0.15, 0.2) is 46.1 Å². The predicted molar refractivity (Wildman–Crippen MR) is 102 cm³/mol.